The standard InChI is InChI=1S/C30H20F2/c31-23-15-9-21(10-16-23)13-19-29-25-5-1-2-6-26(25)30(28-8-4-3-7-27(28)29)20-14-22-11-17-24(32)18-12-22/h1-20H/b19-13+,20-14+. The second-order valence-electron chi connectivity index (χ2n) is 7.69. The van der Waals surface area contributed by atoms with Gasteiger partial charge in [0.05, 0.1) is 0 Å². The molecule has 154 valence electrons. The Balaban J connectivity index is 1.70. The number of fused-ring (bicyclic) bond motifs is 2. The summed E-state index contributed by atoms with van der Waals surface area (Å²) in [5, 5.41) is 4.57. The second-order valence-corrected chi connectivity index (χ2v) is 7.69. The van der Waals surface area contributed by atoms with E-state index in [0.29, 0.717) is 0 Å². The quantitative estimate of drug-likeness (QED) is 0.202. The number of hydrogen-bond donors (Lipinski definition) is 0. The predicted octanol–water partition coefficient (Wildman–Crippen LogP) is 8.61. The summed E-state index contributed by atoms with van der Waals surface area (Å²) in [6, 6.07) is 29.7. The van der Waals surface area contributed by atoms with E-state index >= 15 is 0 Å². The van der Waals surface area contributed by atoms with Crippen molar-refractivity contribution >= 4 is 45.8 Å². The van der Waals surface area contributed by atoms with E-state index in [1.807, 2.05) is 36.4 Å². The molecule has 0 saturated carbocycles. The molecule has 0 spiro atoms. The molecule has 2 heteroatoms. The van der Waals surface area contributed by atoms with Gasteiger partial charge in [0, 0.05) is 0 Å². The van der Waals surface area contributed by atoms with Crippen molar-refractivity contribution in [3.05, 3.63) is 131 Å². The molecule has 0 heterocycles. The van der Waals surface area contributed by atoms with Gasteiger partial charge in [-0.25, -0.2) is 8.78 Å². The molecule has 0 bridgehead atoms. The van der Waals surface area contributed by atoms with E-state index in [1.165, 1.54) is 24.3 Å². The normalized spacial score (nSPS) is 11.8. The Morgan fingerprint density at radius 2 is 0.688 bits per heavy atom. The summed E-state index contributed by atoms with van der Waals surface area (Å²) in [7, 11) is 0. The van der Waals surface area contributed by atoms with Gasteiger partial charge in [-0.15, -0.1) is 0 Å². The van der Waals surface area contributed by atoms with Gasteiger partial charge in [-0.2, -0.15) is 0 Å². The van der Waals surface area contributed by atoms with Gasteiger partial charge in [0.2, 0.25) is 0 Å². The Bertz CT molecular complexity index is 1290. The van der Waals surface area contributed by atoms with Gasteiger partial charge >= 0.3 is 0 Å². The highest BCUT2D eigenvalue weighted by Gasteiger charge is 2.10. The van der Waals surface area contributed by atoms with Crippen LogP contribution in [0.15, 0.2) is 97.1 Å². The molecule has 5 rings (SSSR count). The maximum absolute atomic E-state index is 13.3. The van der Waals surface area contributed by atoms with Crippen molar-refractivity contribution in [2.75, 3.05) is 0 Å². The van der Waals surface area contributed by atoms with Crippen molar-refractivity contribution in [3.63, 3.8) is 0 Å². The summed E-state index contributed by atoms with van der Waals surface area (Å²) in [6.07, 6.45) is 8.24. The number of halogens is 2. The van der Waals surface area contributed by atoms with E-state index in [9.17, 15) is 8.78 Å². The van der Waals surface area contributed by atoms with Crippen molar-refractivity contribution in [1.29, 1.82) is 0 Å². The first-order valence-electron chi connectivity index (χ1n) is 10.5. The molecule has 0 aliphatic heterocycles. The number of rotatable bonds is 4. The van der Waals surface area contributed by atoms with E-state index in [4.69, 9.17) is 0 Å². The second kappa shape index (κ2) is 8.60. The first-order chi connectivity index (χ1) is 15.7. The fourth-order valence-electron chi connectivity index (χ4n) is 4.06. The summed E-state index contributed by atoms with van der Waals surface area (Å²) in [5.74, 6) is -0.481. The molecule has 0 aliphatic rings. The minimum Gasteiger partial charge on any atom is -0.207 e. The summed E-state index contributed by atoms with van der Waals surface area (Å²) >= 11 is 0. The molecule has 0 fully saturated rings. The van der Waals surface area contributed by atoms with Gasteiger partial charge in [-0.3, -0.25) is 0 Å². The monoisotopic (exact) mass is 418 g/mol. The third kappa shape index (κ3) is 3.95. The van der Waals surface area contributed by atoms with Gasteiger partial charge in [-0.1, -0.05) is 97.1 Å². The molecular weight excluding hydrogens is 398 g/mol. The first kappa shape index (κ1) is 19.9. The van der Waals surface area contributed by atoms with Gasteiger partial charge < -0.3 is 0 Å². The van der Waals surface area contributed by atoms with Crippen molar-refractivity contribution in [2.24, 2.45) is 0 Å². The van der Waals surface area contributed by atoms with Crippen molar-refractivity contribution in [3.8, 4) is 0 Å². The molecule has 0 radical (unpaired) electrons. The van der Waals surface area contributed by atoms with E-state index in [1.54, 1.807) is 24.3 Å². The zero-order valence-corrected chi connectivity index (χ0v) is 17.3. The Labute approximate surface area is 185 Å². The molecule has 0 unspecified atom stereocenters. The van der Waals surface area contributed by atoms with Crippen LogP contribution in [0.3, 0.4) is 0 Å². The maximum atomic E-state index is 13.3. The smallest absolute Gasteiger partial charge is 0.123 e. The molecule has 5 aromatic rings. The van der Waals surface area contributed by atoms with Crippen molar-refractivity contribution < 1.29 is 8.78 Å². The average molecular weight is 418 g/mol. The van der Waals surface area contributed by atoms with Gasteiger partial charge in [0.1, 0.15) is 11.6 Å². The topological polar surface area (TPSA) is 0 Å². The van der Waals surface area contributed by atoms with Crippen LogP contribution in [0.5, 0.6) is 0 Å². The first-order valence-corrected chi connectivity index (χ1v) is 10.5. The minimum absolute atomic E-state index is 0.240. The van der Waals surface area contributed by atoms with Crippen LogP contribution in [-0.2, 0) is 0 Å². The minimum atomic E-state index is -0.240. The summed E-state index contributed by atoms with van der Waals surface area (Å²) in [6.45, 7) is 0. The molecule has 32 heavy (non-hydrogen) atoms. The van der Waals surface area contributed by atoms with Crippen LogP contribution >= 0.6 is 0 Å². The molecule has 0 aromatic heterocycles. The summed E-state index contributed by atoms with van der Waals surface area (Å²) < 4.78 is 26.6. The highest BCUT2D eigenvalue weighted by Crippen LogP contribution is 2.35. The zero-order chi connectivity index (χ0) is 21.9. The Kier molecular flexibility index (Phi) is 5.35. The van der Waals surface area contributed by atoms with E-state index < -0.39 is 0 Å². The largest absolute Gasteiger partial charge is 0.207 e. The lowest BCUT2D eigenvalue weighted by Gasteiger charge is -2.13. The lowest BCUT2D eigenvalue weighted by atomic mass is 9.91. The third-order valence-electron chi connectivity index (χ3n) is 5.64. The average Bonchev–Trinajstić information content (AvgIpc) is 2.83. The van der Waals surface area contributed by atoms with Crippen LogP contribution in [0.1, 0.15) is 22.3 Å². The van der Waals surface area contributed by atoms with E-state index in [0.717, 1.165) is 43.8 Å². The highest BCUT2D eigenvalue weighted by atomic mass is 19.1. The molecule has 5 aromatic carbocycles. The van der Waals surface area contributed by atoms with Crippen molar-refractivity contribution in [1.82, 2.24) is 0 Å². The Morgan fingerprint density at radius 3 is 1.00 bits per heavy atom. The summed E-state index contributed by atoms with van der Waals surface area (Å²) in [5.41, 5.74) is 4.14. The van der Waals surface area contributed by atoms with Crippen molar-refractivity contribution in [2.45, 2.75) is 0 Å². The Hall–Kier alpha value is -4.04. The number of benzene rings is 5. The molecule has 0 aliphatic carbocycles. The van der Waals surface area contributed by atoms with Crippen LogP contribution < -0.4 is 0 Å². The van der Waals surface area contributed by atoms with Gasteiger partial charge in [-0.05, 0) is 68.1 Å². The SMILES string of the molecule is Fc1ccc(/C=C/c2c3ccccc3c(/C=C/c3ccc(F)cc3)c3ccccc23)cc1. The maximum Gasteiger partial charge on any atom is 0.123 e. The summed E-state index contributed by atoms with van der Waals surface area (Å²) in [4.78, 5) is 0. The molecule has 0 amide bonds. The third-order valence-corrected chi connectivity index (χ3v) is 5.64. The van der Waals surface area contributed by atoms with Crippen LogP contribution in [0.25, 0.3) is 45.8 Å². The molecule has 0 N–H and O–H groups in total. The van der Waals surface area contributed by atoms with Gasteiger partial charge in [0.15, 0.2) is 0 Å². The molecule has 0 saturated heterocycles. The van der Waals surface area contributed by atoms with E-state index in [2.05, 4.69) is 36.4 Å². The van der Waals surface area contributed by atoms with Gasteiger partial charge in [0.25, 0.3) is 0 Å². The lowest BCUT2D eigenvalue weighted by molar-refractivity contribution is 0.627. The lowest BCUT2D eigenvalue weighted by Crippen LogP contribution is -1.88. The predicted molar refractivity (Wildman–Crippen MR) is 132 cm³/mol. The fourth-order valence-corrected chi connectivity index (χ4v) is 4.06. The molecular formula is C30H20F2. The zero-order valence-electron chi connectivity index (χ0n) is 17.3. The number of hydrogen-bond acceptors (Lipinski definition) is 0. The fraction of sp³-hybridized carbons (Fsp3) is 0. The Morgan fingerprint density at radius 1 is 0.375 bits per heavy atom. The van der Waals surface area contributed by atoms with Crippen LogP contribution in [0.4, 0.5) is 8.78 Å². The molecule has 0 atom stereocenters. The van der Waals surface area contributed by atoms with Crippen LogP contribution in [0.2, 0.25) is 0 Å². The molecule has 0 nitrogen and oxygen atoms in total. The van der Waals surface area contributed by atoms with Crippen LogP contribution in [0, 0.1) is 11.6 Å². The van der Waals surface area contributed by atoms with E-state index in [-0.39, 0.29) is 11.6 Å². The highest BCUT2D eigenvalue weighted by molar-refractivity contribution is 6.14. The van der Waals surface area contributed by atoms with Crippen LogP contribution in [-0.4, -0.2) is 0 Å².